The van der Waals surface area contributed by atoms with Gasteiger partial charge in [-0.25, -0.2) is 4.79 Å². The predicted octanol–water partition coefficient (Wildman–Crippen LogP) is 5.47. The van der Waals surface area contributed by atoms with E-state index in [9.17, 15) is 9.90 Å². The van der Waals surface area contributed by atoms with Gasteiger partial charge in [0.15, 0.2) is 0 Å². The highest BCUT2D eigenvalue weighted by Gasteiger charge is 2.31. The van der Waals surface area contributed by atoms with Gasteiger partial charge in [0.1, 0.15) is 5.75 Å². The summed E-state index contributed by atoms with van der Waals surface area (Å²) in [6.45, 7) is 11.5. The molecule has 5 nitrogen and oxygen atoms in total. The number of anilines is 1. The molecule has 3 rings (SSSR count). The molecule has 0 fully saturated rings. The quantitative estimate of drug-likeness (QED) is 0.685. The van der Waals surface area contributed by atoms with Gasteiger partial charge in [-0.05, 0) is 64.0 Å². The van der Waals surface area contributed by atoms with Crippen molar-refractivity contribution in [3.8, 4) is 5.75 Å². The first kappa shape index (κ1) is 20.6. The minimum absolute atomic E-state index is 0.0686. The molecular weight excluding hydrogens is 364 g/mol. The van der Waals surface area contributed by atoms with Crippen molar-refractivity contribution in [3.05, 3.63) is 58.7 Å². The number of carboxylic acid groups (broad SMARTS) is 1. The van der Waals surface area contributed by atoms with Crippen LogP contribution in [-0.4, -0.2) is 36.5 Å². The highest BCUT2D eigenvalue weighted by molar-refractivity contribution is 5.93. The molecule has 1 aliphatic heterocycles. The number of fused-ring (bicyclic) bond motifs is 1. The number of carbonyl (C=O) groups is 1. The molecule has 152 valence electrons. The molecule has 1 aliphatic rings. The summed E-state index contributed by atoms with van der Waals surface area (Å²) in [5, 5.41) is 9.24. The molecule has 0 bridgehead atoms. The Morgan fingerprint density at radius 2 is 1.97 bits per heavy atom. The van der Waals surface area contributed by atoms with Crippen LogP contribution < -0.4 is 9.64 Å². The molecule has 0 unspecified atom stereocenters. The Labute approximate surface area is 172 Å². The van der Waals surface area contributed by atoms with Crippen LogP contribution >= 0.6 is 0 Å². The van der Waals surface area contributed by atoms with E-state index in [-0.39, 0.29) is 11.1 Å². The third-order valence-corrected chi connectivity index (χ3v) is 5.44. The third-order valence-electron chi connectivity index (χ3n) is 5.44. The lowest BCUT2D eigenvalue weighted by Gasteiger charge is -2.43. The summed E-state index contributed by atoms with van der Waals surface area (Å²) < 4.78 is 5.66. The first-order valence-corrected chi connectivity index (χ1v) is 9.75. The van der Waals surface area contributed by atoms with Crippen LogP contribution in [0.5, 0.6) is 5.75 Å². The number of allylic oxidation sites excluding steroid dienone is 1. The molecule has 29 heavy (non-hydrogen) atoms. The van der Waals surface area contributed by atoms with Crippen molar-refractivity contribution >= 4 is 29.1 Å². The Kier molecular flexibility index (Phi) is 5.51. The van der Waals surface area contributed by atoms with Crippen molar-refractivity contribution in [3.63, 3.8) is 0 Å². The van der Waals surface area contributed by atoms with Crippen LogP contribution in [0.15, 0.2) is 41.4 Å². The second kappa shape index (κ2) is 7.74. The molecule has 0 aliphatic carbocycles. The Balaban J connectivity index is 2.09. The lowest BCUT2D eigenvalue weighted by atomic mass is 9.88. The number of hydrogen-bond acceptors (Lipinski definition) is 4. The summed E-state index contributed by atoms with van der Waals surface area (Å²) in [5.41, 5.74) is 6.08. The van der Waals surface area contributed by atoms with Gasteiger partial charge >= 0.3 is 5.97 Å². The molecular formula is C24H28N2O3. The first-order chi connectivity index (χ1) is 13.7. The van der Waals surface area contributed by atoms with Crippen LogP contribution in [0.25, 0.3) is 5.57 Å². The van der Waals surface area contributed by atoms with Gasteiger partial charge in [-0.15, -0.1) is 0 Å². The summed E-state index contributed by atoms with van der Waals surface area (Å²) >= 11 is 0. The molecule has 0 atom stereocenters. The van der Waals surface area contributed by atoms with Crippen LogP contribution in [0.2, 0.25) is 0 Å². The van der Waals surface area contributed by atoms with E-state index in [0.29, 0.717) is 5.69 Å². The van der Waals surface area contributed by atoms with E-state index in [4.69, 9.17) is 4.74 Å². The fourth-order valence-electron chi connectivity index (χ4n) is 4.00. The number of nitrogens with zero attached hydrogens (tertiary/aromatic N) is 2. The predicted molar refractivity (Wildman–Crippen MR) is 119 cm³/mol. The number of ether oxygens (including phenoxy) is 1. The number of methoxy groups -OCH3 is 1. The average molecular weight is 392 g/mol. The number of aliphatic imine (C=N–C) groups is 1. The van der Waals surface area contributed by atoms with Gasteiger partial charge in [0.05, 0.1) is 23.9 Å². The van der Waals surface area contributed by atoms with E-state index in [1.807, 2.05) is 6.92 Å². The normalized spacial score (nSPS) is 15.2. The van der Waals surface area contributed by atoms with Crippen molar-refractivity contribution in [2.45, 2.75) is 40.2 Å². The van der Waals surface area contributed by atoms with Gasteiger partial charge in [-0.1, -0.05) is 12.1 Å². The highest BCUT2D eigenvalue weighted by Crippen LogP contribution is 2.41. The average Bonchev–Trinajstić information content (AvgIpc) is 2.66. The Hall–Kier alpha value is -3.08. The maximum absolute atomic E-state index is 11.3. The molecule has 0 aromatic heterocycles. The second-order valence-corrected chi connectivity index (χ2v) is 7.90. The SMILES string of the molecule is CCN1c2cc(OC)c(C=Nc3cc(C(=O)O)ccc3C)cc2C(C)=CC1(C)C. The number of aryl methyl sites for hydroxylation is 1. The maximum Gasteiger partial charge on any atom is 0.335 e. The largest absolute Gasteiger partial charge is 0.496 e. The van der Waals surface area contributed by atoms with Crippen LogP contribution in [0.4, 0.5) is 11.4 Å². The molecule has 0 saturated carbocycles. The standard InChI is InChI=1S/C24H28N2O3/c1-7-26-21-12-22(29-6)18(10-19(21)16(3)13-24(26,4)5)14-25-20-11-17(23(27)28)9-8-15(20)2/h8-14H,7H2,1-6H3,(H,27,28). The Bertz CT molecular complexity index is 1020. The van der Waals surface area contributed by atoms with Crippen molar-refractivity contribution in [2.24, 2.45) is 4.99 Å². The first-order valence-electron chi connectivity index (χ1n) is 9.75. The number of benzene rings is 2. The Morgan fingerprint density at radius 3 is 2.59 bits per heavy atom. The zero-order valence-electron chi connectivity index (χ0n) is 17.9. The molecule has 0 spiro atoms. The second-order valence-electron chi connectivity index (χ2n) is 7.90. The lowest BCUT2D eigenvalue weighted by Crippen LogP contribution is -2.44. The number of likely N-dealkylation sites (N-methyl/N-ethyl adjacent to an activating group) is 1. The molecule has 0 radical (unpaired) electrons. The summed E-state index contributed by atoms with van der Waals surface area (Å²) in [5.74, 6) is -0.223. The summed E-state index contributed by atoms with van der Waals surface area (Å²) in [7, 11) is 1.66. The van der Waals surface area contributed by atoms with E-state index in [1.54, 1.807) is 31.5 Å². The Morgan fingerprint density at radius 1 is 1.24 bits per heavy atom. The number of hydrogen-bond donors (Lipinski definition) is 1. The zero-order chi connectivity index (χ0) is 21.3. The van der Waals surface area contributed by atoms with Gasteiger partial charge < -0.3 is 14.7 Å². The van der Waals surface area contributed by atoms with E-state index in [1.165, 1.54) is 5.57 Å². The smallest absolute Gasteiger partial charge is 0.335 e. The van der Waals surface area contributed by atoms with Crippen LogP contribution in [0.1, 0.15) is 54.7 Å². The number of aromatic carboxylic acids is 1. The third kappa shape index (κ3) is 3.90. The van der Waals surface area contributed by atoms with Crippen LogP contribution in [0.3, 0.4) is 0 Å². The lowest BCUT2D eigenvalue weighted by molar-refractivity contribution is 0.0697. The van der Waals surface area contributed by atoms with E-state index in [2.05, 4.69) is 55.8 Å². The number of carboxylic acids is 1. The summed E-state index contributed by atoms with van der Waals surface area (Å²) in [6, 6.07) is 9.11. The maximum atomic E-state index is 11.3. The van der Waals surface area contributed by atoms with Gasteiger partial charge in [0, 0.05) is 35.6 Å². The van der Waals surface area contributed by atoms with E-state index < -0.39 is 5.97 Å². The summed E-state index contributed by atoms with van der Waals surface area (Å²) in [6.07, 6.45) is 4.03. The van der Waals surface area contributed by atoms with Gasteiger partial charge in [0.2, 0.25) is 0 Å². The van der Waals surface area contributed by atoms with Crippen LogP contribution in [-0.2, 0) is 0 Å². The topological polar surface area (TPSA) is 62.1 Å². The summed E-state index contributed by atoms with van der Waals surface area (Å²) in [4.78, 5) is 18.2. The van der Waals surface area contributed by atoms with Crippen molar-refractivity contribution in [1.29, 1.82) is 0 Å². The van der Waals surface area contributed by atoms with Gasteiger partial charge in [0.25, 0.3) is 0 Å². The molecule has 0 amide bonds. The highest BCUT2D eigenvalue weighted by atomic mass is 16.5. The minimum Gasteiger partial charge on any atom is -0.496 e. The fraction of sp³-hybridized carbons (Fsp3) is 0.333. The zero-order valence-corrected chi connectivity index (χ0v) is 17.9. The minimum atomic E-state index is -0.962. The van der Waals surface area contributed by atoms with Crippen LogP contribution in [0, 0.1) is 6.92 Å². The number of rotatable bonds is 5. The molecule has 0 saturated heterocycles. The van der Waals surface area contributed by atoms with Crippen molar-refractivity contribution in [2.75, 3.05) is 18.6 Å². The molecule has 2 aromatic rings. The van der Waals surface area contributed by atoms with E-state index >= 15 is 0 Å². The molecule has 1 N–H and O–H groups in total. The van der Waals surface area contributed by atoms with E-state index in [0.717, 1.165) is 34.7 Å². The fourth-order valence-corrected chi connectivity index (χ4v) is 4.00. The van der Waals surface area contributed by atoms with Crippen molar-refractivity contribution < 1.29 is 14.6 Å². The molecule has 5 heteroatoms. The molecule has 1 heterocycles. The molecule has 2 aromatic carbocycles. The van der Waals surface area contributed by atoms with Crippen molar-refractivity contribution in [1.82, 2.24) is 0 Å². The monoisotopic (exact) mass is 392 g/mol. The van der Waals surface area contributed by atoms with Gasteiger partial charge in [-0.3, -0.25) is 4.99 Å². The van der Waals surface area contributed by atoms with Gasteiger partial charge in [-0.2, -0.15) is 0 Å².